The second-order valence-corrected chi connectivity index (χ2v) is 5.49. The van der Waals surface area contributed by atoms with Crippen LogP contribution in [0.15, 0.2) is 76.1 Å². The summed E-state index contributed by atoms with van der Waals surface area (Å²) in [6, 6.07) is 17.7. The van der Waals surface area contributed by atoms with E-state index >= 15 is 0 Å². The van der Waals surface area contributed by atoms with Crippen molar-refractivity contribution in [2.24, 2.45) is 0 Å². The summed E-state index contributed by atoms with van der Waals surface area (Å²) in [6.45, 7) is 0. The van der Waals surface area contributed by atoms with Crippen molar-refractivity contribution in [3.05, 3.63) is 82.8 Å². The van der Waals surface area contributed by atoms with Gasteiger partial charge in [0.1, 0.15) is 11.1 Å². The molecule has 0 aliphatic carbocycles. The minimum atomic E-state index is -0.666. The number of H-pyrrole nitrogens is 1. The van der Waals surface area contributed by atoms with E-state index in [1.54, 1.807) is 36.5 Å². The summed E-state index contributed by atoms with van der Waals surface area (Å²) in [5.41, 5.74) is 2.03. The zero-order chi connectivity index (χ0) is 17.2. The third-order valence-corrected chi connectivity index (χ3v) is 3.82. The number of carbonyl (C=O) groups is 1. The van der Waals surface area contributed by atoms with Gasteiger partial charge in [0, 0.05) is 22.8 Å². The third-order valence-electron chi connectivity index (χ3n) is 3.82. The summed E-state index contributed by atoms with van der Waals surface area (Å²) in [5.74, 6) is -0.513. The van der Waals surface area contributed by atoms with Gasteiger partial charge in [-0.25, -0.2) is 4.79 Å². The molecule has 0 aliphatic rings. The smallest absolute Gasteiger partial charge is 0.349 e. The summed E-state index contributed by atoms with van der Waals surface area (Å²) in [7, 11) is 0. The lowest BCUT2D eigenvalue weighted by Gasteiger charge is -2.07. The number of benzene rings is 2. The summed E-state index contributed by atoms with van der Waals surface area (Å²) in [5, 5.41) is 10.2. The SMILES string of the molecule is O=C(Nc1cccc(-c2ccn[nH]2)c1)c1cc2ccccc2oc1=O. The van der Waals surface area contributed by atoms with Gasteiger partial charge in [0.25, 0.3) is 5.91 Å². The molecule has 2 N–H and O–H groups in total. The van der Waals surface area contributed by atoms with Gasteiger partial charge >= 0.3 is 5.63 Å². The van der Waals surface area contributed by atoms with Crippen LogP contribution >= 0.6 is 0 Å². The topological polar surface area (TPSA) is 88.0 Å². The molecule has 6 heteroatoms. The fraction of sp³-hybridized carbons (Fsp3) is 0. The van der Waals surface area contributed by atoms with Gasteiger partial charge in [-0.3, -0.25) is 9.89 Å². The number of hydrogen-bond donors (Lipinski definition) is 2. The highest BCUT2D eigenvalue weighted by atomic mass is 16.4. The Morgan fingerprint density at radius 3 is 2.76 bits per heavy atom. The Morgan fingerprint density at radius 2 is 1.92 bits per heavy atom. The van der Waals surface area contributed by atoms with E-state index in [0.29, 0.717) is 16.7 Å². The monoisotopic (exact) mass is 331 g/mol. The summed E-state index contributed by atoms with van der Waals surface area (Å²) < 4.78 is 5.20. The molecular weight excluding hydrogens is 318 g/mol. The number of aromatic nitrogens is 2. The molecule has 0 saturated carbocycles. The van der Waals surface area contributed by atoms with Gasteiger partial charge in [0.2, 0.25) is 0 Å². The first kappa shape index (κ1) is 14.9. The Balaban J connectivity index is 1.65. The molecule has 0 aliphatic heterocycles. The Labute approximate surface area is 142 Å². The molecule has 0 radical (unpaired) electrons. The molecule has 4 rings (SSSR count). The molecule has 0 bridgehead atoms. The maximum absolute atomic E-state index is 12.5. The van der Waals surface area contributed by atoms with Crippen LogP contribution in [-0.2, 0) is 0 Å². The first-order chi connectivity index (χ1) is 12.2. The van der Waals surface area contributed by atoms with Crippen LogP contribution < -0.4 is 10.9 Å². The minimum Gasteiger partial charge on any atom is -0.422 e. The van der Waals surface area contributed by atoms with Gasteiger partial charge in [-0.1, -0.05) is 30.3 Å². The fourth-order valence-corrected chi connectivity index (χ4v) is 2.60. The highest BCUT2D eigenvalue weighted by Gasteiger charge is 2.14. The van der Waals surface area contributed by atoms with Crippen LogP contribution in [0.1, 0.15) is 10.4 Å². The number of nitrogens with one attached hydrogen (secondary N) is 2. The number of aromatic amines is 1. The number of nitrogens with zero attached hydrogens (tertiary/aromatic N) is 1. The standard InChI is InChI=1S/C19H13N3O3/c23-18(15-11-13-4-1-2-7-17(13)25-19(15)24)21-14-6-3-5-12(10-14)16-8-9-20-22-16/h1-11H,(H,20,22)(H,21,23). The second kappa shape index (κ2) is 6.09. The van der Waals surface area contributed by atoms with E-state index < -0.39 is 11.5 Å². The Morgan fingerprint density at radius 1 is 1.04 bits per heavy atom. The van der Waals surface area contributed by atoms with E-state index in [2.05, 4.69) is 15.5 Å². The van der Waals surface area contributed by atoms with Crippen LogP contribution in [0.2, 0.25) is 0 Å². The summed E-state index contributed by atoms with van der Waals surface area (Å²) >= 11 is 0. The van der Waals surface area contributed by atoms with Gasteiger partial charge in [-0.15, -0.1) is 0 Å². The van der Waals surface area contributed by atoms with Gasteiger partial charge in [-0.2, -0.15) is 5.10 Å². The number of amides is 1. The normalized spacial score (nSPS) is 10.7. The van der Waals surface area contributed by atoms with Crippen molar-refractivity contribution in [2.75, 3.05) is 5.32 Å². The number of fused-ring (bicyclic) bond motifs is 1. The van der Waals surface area contributed by atoms with Crippen molar-refractivity contribution in [3.63, 3.8) is 0 Å². The molecule has 2 heterocycles. The van der Waals surface area contributed by atoms with Crippen LogP contribution in [0.5, 0.6) is 0 Å². The van der Waals surface area contributed by atoms with Gasteiger partial charge < -0.3 is 9.73 Å². The largest absolute Gasteiger partial charge is 0.422 e. The summed E-state index contributed by atoms with van der Waals surface area (Å²) in [6.07, 6.45) is 1.65. The zero-order valence-corrected chi connectivity index (χ0v) is 13.0. The van der Waals surface area contributed by atoms with E-state index in [1.165, 1.54) is 6.07 Å². The molecule has 0 unspecified atom stereocenters. The molecule has 4 aromatic rings. The van der Waals surface area contributed by atoms with Gasteiger partial charge in [-0.05, 0) is 30.3 Å². The average Bonchev–Trinajstić information content (AvgIpc) is 3.16. The maximum atomic E-state index is 12.5. The van der Waals surface area contributed by atoms with Crippen molar-refractivity contribution in [1.29, 1.82) is 0 Å². The van der Waals surface area contributed by atoms with Crippen molar-refractivity contribution >= 4 is 22.6 Å². The number of carbonyl (C=O) groups excluding carboxylic acids is 1. The Bertz CT molecular complexity index is 1110. The van der Waals surface area contributed by atoms with Gasteiger partial charge in [0.05, 0.1) is 5.69 Å². The minimum absolute atomic E-state index is 0.0364. The third kappa shape index (κ3) is 2.92. The van der Waals surface area contributed by atoms with Crippen LogP contribution in [0, 0.1) is 0 Å². The number of para-hydroxylation sites is 1. The first-order valence-electron chi connectivity index (χ1n) is 7.65. The molecule has 0 atom stereocenters. The highest BCUT2D eigenvalue weighted by molar-refractivity contribution is 6.05. The van der Waals surface area contributed by atoms with Crippen LogP contribution in [0.4, 0.5) is 5.69 Å². The molecule has 25 heavy (non-hydrogen) atoms. The lowest BCUT2D eigenvalue weighted by Crippen LogP contribution is -2.20. The Hall–Kier alpha value is -3.67. The average molecular weight is 331 g/mol. The summed E-state index contributed by atoms with van der Waals surface area (Å²) in [4.78, 5) is 24.6. The lowest BCUT2D eigenvalue weighted by atomic mass is 10.1. The van der Waals surface area contributed by atoms with Crippen molar-refractivity contribution in [2.45, 2.75) is 0 Å². The van der Waals surface area contributed by atoms with Crippen molar-refractivity contribution in [1.82, 2.24) is 10.2 Å². The Kier molecular flexibility index (Phi) is 3.63. The fourth-order valence-electron chi connectivity index (χ4n) is 2.60. The quantitative estimate of drug-likeness (QED) is 0.563. The van der Waals surface area contributed by atoms with Crippen molar-refractivity contribution in [3.8, 4) is 11.3 Å². The number of rotatable bonds is 3. The maximum Gasteiger partial charge on any atom is 0.349 e. The predicted octanol–water partition coefficient (Wildman–Crippen LogP) is 3.44. The zero-order valence-electron chi connectivity index (χ0n) is 13.0. The second-order valence-electron chi connectivity index (χ2n) is 5.49. The molecule has 0 spiro atoms. The van der Waals surface area contributed by atoms with E-state index in [1.807, 2.05) is 24.3 Å². The van der Waals surface area contributed by atoms with Crippen LogP contribution in [0.25, 0.3) is 22.2 Å². The first-order valence-corrected chi connectivity index (χ1v) is 7.65. The number of anilines is 1. The molecule has 2 aromatic carbocycles. The van der Waals surface area contributed by atoms with Crippen LogP contribution in [-0.4, -0.2) is 16.1 Å². The predicted molar refractivity (Wildman–Crippen MR) is 94.5 cm³/mol. The van der Waals surface area contributed by atoms with Crippen LogP contribution in [0.3, 0.4) is 0 Å². The molecule has 0 saturated heterocycles. The lowest BCUT2D eigenvalue weighted by molar-refractivity contribution is 0.102. The molecular formula is C19H13N3O3. The highest BCUT2D eigenvalue weighted by Crippen LogP contribution is 2.21. The van der Waals surface area contributed by atoms with Crippen molar-refractivity contribution < 1.29 is 9.21 Å². The number of hydrogen-bond acceptors (Lipinski definition) is 4. The molecule has 122 valence electrons. The molecule has 6 nitrogen and oxygen atoms in total. The van der Waals surface area contributed by atoms with E-state index in [0.717, 1.165) is 11.3 Å². The molecule has 1 amide bonds. The molecule has 0 fully saturated rings. The van der Waals surface area contributed by atoms with Gasteiger partial charge in [0.15, 0.2) is 0 Å². The van der Waals surface area contributed by atoms with E-state index in [-0.39, 0.29) is 5.56 Å². The van der Waals surface area contributed by atoms with E-state index in [4.69, 9.17) is 4.42 Å². The van der Waals surface area contributed by atoms with E-state index in [9.17, 15) is 9.59 Å². The molecule has 2 aromatic heterocycles.